The predicted molar refractivity (Wildman–Crippen MR) is 92.5 cm³/mol. The minimum Gasteiger partial charge on any atom is -0.324 e. The summed E-state index contributed by atoms with van der Waals surface area (Å²) in [7, 11) is 0. The van der Waals surface area contributed by atoms with Crippen LogP contribution in [-0.2, 0) is 0 Å². The zero-order valence-electron chi connectivity index (χ0n) is 13.4. The molecule has 2 aliphatic rings. The molecule has 24 heavy (non-hydrogen) atoms. The molecule has 0 radical (unpaired) electrons. The van der Waals surface area contributed by atoms with Crippen molar-refractivity contribution < 1.29 is 4.79 Å². The number of aromatic nitrogens is 3. The molecular formula is C17H20ClN5O. The van der Waals surface area contributed by atoms with Crippen molar-refractivity contribution in [3.05, 3.63) is 35.6 Å². The van der Waals surface area contributed by atoms with Crippen molar-refractivity contribution in [1.29, 1.82) is 0 Å². The molecule has 1 N–H and O–H groups in total. The molecule has 0 unspecified atom stereocenters. The molecule has 1 aromatic carbocycles. The lowest BCUT2D eigenvalue weighted by atomic mass is 9.64. The van der Waals surface area contributed by atoms with Gasteiger partial charge in [0, 0.05) is 18.8 Å². The highest BCUT2D eigenvalue weighted by Crippen LogP contribution is 2.47. The van der Waals surface area contributed by atoms with Gasteiger partial charge in [-0.05, 0) is 49.3 Å². The summed E-state index contributed by atoms with van der Waals surface area (Å²) in [5.41, 5.74) is 1.73. The van der Waals surface area contributed by atoms with E-state index in [-0.39, 0.29) is 6.03 Å². The third-order valence-corrected chi connectivity index (χ3v) is 5.51. The second kappa shape index (κ2) is 6.09. The SMILES string of the molecule is O=C(Nc1ccc(Cl)c(-n2nccn2)c1)N1CCCC2(CCC2)C1. The molecule has 4 rings (SSSR count). The number of likely N-dealkylation sites (tertiary alicyclic amines) is 1. The average molecular weight is 346 g/mol. The van der Waals surface area contributed by atoms with Crippen LogP contribution in [0.15, 0.2) is 30.6 Å². The second-order valence-corrected chi connectivity index (χ2v) is 7.20. The van der Waals surface area contributed by atoms with Gasteiger partial charge in [0.15, 0.2) is 0 Å². The average Bonchev–Trinajstić information content (AvgIpc) is 3.09. The van der Waals surface area contributed by atoms with Crippen LogP contribution in [-0.4, -0.2) is 39.0 Å². The first kappa shape index (κ1) is 15.4. The number of piperidine rings is 1. The van der Waals surface area contributed by atoms with Crippen molar-refractivity contribution in [2.75, 3.05) is 18.4 Å². The third-order valence-electron chi connectivity index (χ3n) is 5.19. The quantitative estimate of drug-likeness (QED) is 0.902. The topological polar surface area (TPSA) is 63.1 Å². The van der Waals surface area contributed by atoms with Gasteiger partial charge in [-0.25, -0.2) is 4.79 Å². The molecule has 2 heterocycles. The zero-order chi connectivity index (χ0) is 16.6. The van der Waals surface area contributed by atoms with Gasteiger partial charge >= 0.3 is 6.03 Å². The number of nitrogens with one attached hydrogen (secondary N) is 1. The van der Waals surface area contributed by atoms with E-state index in [0.717, 1.165) is 19.5 Å². The van der Waals surface area contributed by atoms with Gasteiger partial charge in [0.05, 0.1) is 17.4 Å². The van der Waals surface area contributed by atoms with Gasteiger partial charge in [-0.3, -0.25) is 0 Å². The lowest BCUT2D eigenvalue weighted by molar-refractivity contribution is 0.0400. The number of carbonyl (C=O) groups is 1. The van der Waals surface area contributed by atoms with Gasteiger partial charge < -0.3 is 10.2 Å². The molecule has 2 aromatic rings. The molecule has 1 aliphatic carbocycles. The number of urea groups is 1. The number of hydrogen-bond acceptors (Lipinski definition) is 3. The first-order chi connectivity index (χ1) is 11.7. The number of rotatable bonds is 2. The summed E-state index contributed by atoms with van der Waals surface area (Å²) in [6.07, 6.45) is 9.34. The molecule has 0 bridgehead atoms. The maximum absolute atomic E-state index is 12.6. The van der Waals surface area contributed by atoms with Crippen LogP contribution in [0.4, 0.5) is 10.5 Å². The molecule has 1 spiro atoms. The molecule has 126 valence electrons. The van der Waals surface area contributed by atoms with Gasteiger partial charge in [0.1, 0.15) is 5.69 Å². The van der Waals surface area contributed by atoms with Gasteiger partial charge in [0.2, 0.25) is 0 Å². The van der Waals surface area contributed by atoms with Gasteiger partial charge in [-0.2, -0.15) is 15.0 Å². The van der Waals surface area contributed by atoms with E-state index in [0.29, 0.717) is 21.8 Å². The van der Waals surface area contributed by atoms with Crippen LogP contribution in [0.2, 0.25) is 5.02 Å². The number of amides is 2. The molecule has 7 heteroatoms. The Bertz CT molecular complexity index is 741. The van der Waals surface area contributed by atoms with E-state index >= 15 is 0 Å². The fraction of sp³-hybridized carbons (Fsp3) is 0.471. The fourth-order valence-corrected chi connectivity index (χ4v) is 3.95. The monoisotopic (exact) mass is 345 g/mol. The number of nitrogens with zero attached hydrogens (tertiary/aromatic N) is 4. The van der Waals surface area contributed by atoms with Crippen LogP contribution in [0.5, 0.6) is 0 Å². The molecule has 6 nitrogen and oxygen atoms in total. The van der Waals surface area contributed by atoms with Crippen molar-refractivity contribution in [1.82, 2.24) is 19.9 Å². The largest absolute Gasteiger partial charge is 0.324 e. The molecule has 1 aliphatic heterocycles. The van der Waals surface area contributed by atoms with Gasteiger partial charge in [0.25, 0.3) is 0 Å². The Morgan fingerprint density at radius 1 is 1.17 bits per heavy atom. The summed E-state index contributed by atoms with van der Waals surface area (Å²) < 4.78 is 0. The Morgan fingerprint density at radius 2 is 1.92 bits per heavy atom. The first-order valence-corrected chi connectivity index (χ1v) is 8.75. The summed E-state index contributed by atoms with van der Waals surface area (Å²) in [5.74, 6) is 0. The van der Waals surface area contributed by atoms with E-state index < -0.39 is 0 Å². The van der Waals surface area contributed by atoms with Crippen LogP contribution >= 0.6 is 11.6 Å². The first-order valence-electron chi connectivity index (χ1n) is 8.37. The molecule has 2 fully saturated rings. The van der Waals surface area contributed by atoms with Crippen molar-refractivity contribution >= 4 is 23.3 Å². The molecule has 1 saturated heterocycles. The van der Waals surface area contributed by atoms with E-state index in [4.69, 9.17) is 11.6 Å². The molecule has 1 saturated carbocycles. The van der Waals surface area contributed by atoms with E-state index in [1.165, 1.54) is 30.5 Å². The van der Waals surface area contributed by atoms with Crippen LogP contribution in [0.3, 0.4) is 0 Å². The van der Waals surface area contributed by atoms with Gasteiger partial charge in [-0.15, -0.1) is 0 Å². The van der Waals surface area contributed by atoms with Crippen LogP contribution in [0, 0.1) is 5.41 Å². The highest BCUT2D eigenvalue weighted by atomic mass is 35.5. The van der Waals surface area contributed by atoms with E-state index in [1.807, 2.05) is 4.90 Å². The maximum atomic E-state index is 12.6. The predicted octanol–water partition coefficient (Wildman–Crippen LogP) is 3.72. The number of carbonyl (C=O) groups excluding carboxylic acids is 1. The highest BCUT2D eigenvalue weighted by molar-refractivity contribution is 6.32. The summed E-state index contributed by atoms with van der Waals surface area (Å²) in [6.45, 7) is 1.70. The van der Waals surface area contributed by atoms with Crippen molar-refractivity contribution in [2.24, 2.45) is 5.41 Å². The van der Waals surface area contributed by atoms with Crippen molar-refractivity contribution in [2.45, 2.75) is 32.1 Å². The molecular weight excluding hydrogens is 326 g/mol. The number of hydrogen-bond donors (Lipinski definition) is 1. The summed E-state index contributed by atoms with van der Waals surface area (Å²) in [4.78, 5) is 16.0. The Kier molecular flexibility index (Phi) is 3.92. The number of halogens is 1. The zero-order valence-corrected chi connectivity index (χ0v) is 14.2. The highest BCUT2D eigenvalue weighted by Gasteiger charge is 2.41. The fourth-order valence-electron chi connectivity index (χ4n) is 3.75. The molecule has 0 atom stereocenters. The van der Waals surface area contributed by atoms with Crippen molar-refractivity contribution in [3.8, 4) is 5.69 Å². The minimum absolute atomic E-state index is 0.0392. The van der Waals surface area contributed by atoms with Crippen LogP contribution in [0.1, 0.15) is 32.1 Å². The molecule has 1 aromatic heterocycles. The van der Waals surface area contributed by atoms with Gasteiger partial charge in [-0.1, -0.05) is 18.0 Å². The third kappa shape index (κ3) is 2.86. The Labute approximate surface area is 145 Å². The smallest absolute Gasteiger partial charge is 0.321 e. The van der Waals surface area contributed by atoms with E-state index in [2.05, 4.69) is 15.5 Å². The van der Waals surface area contributed by atoms with Crippen LogP contribution in [0.25, 0.3) is 5.69 Å². The summed E-state index contributed by atoms with van der Waals surface area (Å²) >= 11 is 6.21. The number of anilines is 1. The molecule has 2 amide bonds. The van der Waals surface area contributed by atoms with E-state index in [1.54, 1.807) is 30.6 Å². The Balaban J connectivity index is 1.49. The normalized spacial score (nSPS) is 19.1. The lowest BCUT2D eigenvalue weighted by Gasteiger charge is -2.48. The second-order valence-electron chi connectivity index (χ2n) is 6.79. The lowest BCUT2D eigenvalue weighted by Crippen LogP contribution is -2.50. The Morgan fingerprint density at radius 3 is 2.62 bits per heavy atom. The maximum Gasteiger partial charge on any atom is 0.321 e. The van der Waals surface area contributed by atoms with Crippen LogP contribution < -0.4 is 5.32 Å². The Hall–Kier alpha value is -2.08. The van der Waals surface area contributed by atoms with Crippen molar-refractivity contribution in [3.63, 3.8) is 0 Å². The summed E-state index contributed by atoms with van der Waals surface area (Å²) in [6, 6.07) is 5.31. The standard InChI is InChI=1S/C17H20ClN5O/c18-14-4-3-13(11-15(14)23-19-8-9-20-23)21-16(24)22-10-2-7-17(12-22)5-1-6-17/h3-4,8-9,11H,1-2,5-7,10,12H2,(H,21,24). The van der Waals surface area contributed by atoms with E-state index in [9.17, 15) is 4.79 Å². The number of benzene rings is 1. The summed E-state index contributed by atoms with van der Waals surface area (Å²) in [5, 5.41) is 11.7. The minimum atomic E-state index is -0.0392.